The van der Waals surface area contributed by atoms with Gasteiger partial charge in [-0.1, -0.05) is 0 Å². The minimum atomic E-state index is -0.230. The van der Waals surface area contributed by atoms with Crippen LogP contribution >= 0.6 is 0 Å². The van der Waals surface area contributed by atoms with Gasteiger partial charge in [-0.2, -0.15) is 0 Å². The van der Waals surface area contributed by atoms with Crippen molar-refractivity contribution in [1.29, 1.82) is 0 Å². The first-order valence-electron chi connectivity index (χ1n) is 5.98. The van der Waals surface area contributed by atoms with Gasteiger partial charge in [-0.25, -0.2) is 4.39 Å². The van der Waals surface area contributed by atoms with E-state index in [1.54, 1.807) is 6.07 Å². The van der Waals surface area contributed by atoms with Crippen LogP contribution in [-0.2, 0) is 6.54 Å². The maximum atomic E-state index is 13.2. The number of nitrogens with one attached hydrogen (secondary N) is 1. The highest BCUT2D eigenvalue weighted by Gasteiger charge is 2.12. The van der Waals surface area contributed by atoms with Gasteiger partial charge in [0, 0.05) is 17.6 Å². The molecule has 1 N–H and O–H groups in total. The Labute approximate surface area is 103 Å². The summed E-state index contributed by atoms with van der Waals surface area (Å²) in [6.45, 7) is 10.8. The van der Waals surface area contributed by atoms with E-state index in [4.69, 9.17) is 4.74 Å². The van der Waals surface area contributed by atoms with Gasteiger partial charge in [0.1, 0.15) is 11.6 Å². The molecule has 0 saturated heterocycles. The van der Waals surface area contributed by atoms with Gasteiger partial charge in [0.15, 0.2) is 0 Å². The van der Waals surface area contributed by atoms with Crippen molar-refractivity contribution in [3.63, 3.8) is 0 Å². The molecule has 1 rings (SSSR count). The van der Waals surface area contributed by atoms with Gasteiger partial charge < -0.3 is 10.1 Å². The van der Waals surface area contributed by atoms with Crippen LogP contribution in [-0.4, -0.2) is 11.6 Å². The number of benzene rings is 1. The molecule has 96 valence electrons. The van der Waals surface area contributed by atoms with Crippen molar-refractivity contribution in [1.82, 2.24) is 5.32 Å². The van der Waals surface area contributed by atoms with Gasteiger partial charge in [-0.3, -0.25) is 0 Å². The summed E-state index contributed by atoms with van der Waals surface area (Å²) in [7, 11) is 0. The number of ether oxygens (including phenoxy) is 1. The minimum absolute atomic E-state index is 0.00141. The van der Waals surface area contributed by atoms with Crippen molar-refractivity contribution in [2.24, 2.45) is 0 Å². The fraction of sp³-hybridized carbons (Fsp3) is 0.571. The highest BCUT2D eigenvalue weighted by molar-refractivity contribution is 5.34. The van der Waals surface area contributed by atoms with Gasteiger partial charge in [0.25, 0.3) is 0 Å². The van der Waals surface area contributed by atoms with Crippen molar-refractivity contribution >= 4 is 0 Å². The normalized spacial score (nSPS) is 11.9. The summed E-state index contributed by atoms with van der Waals surface area (Å²) in [5.41, 5.74) is 0.857. The zero-order valence-electron chi connectivity index (χ0n) is 11.3. The van der Waals surface area contributed by atoms with Gasteiger partial charge >= 0.3 is 0 Å². The Hall–Kier alpha value is -1.09. The molecular weight excluding hydrogens is 217 g/mol. The topological polar surface area (TPSA) is 21.3 Å². The maximum absolute atomic E-state index is 13.2. The highest BCUT2D eigenvalue weighted by Crippen LogP contribution is 2.21. The standard InChI is InChI=1S/C14H22FNO/c1-10(2)17-13-7-6-12(15)8-11(13)9-16-14(3,4)5/h6-8,10,16H,9H2,1-5H3. The number of rotatable bonds is 4. The van der Waals surface area contributed by atoms with E-state index in [1.807, 2.05) is 13.8 Å². The third-order valence-corrected chi connectivity index (χ3v) is 2.19. The molecule has 0 aliphatic carbocycles. The van der Waals surface area contributed by atoms with E-state index in [9.17, 15) is 4.39 Å². The number of halogens is 1. The van der Waals surface area contributed by atoms with Crippen LogP contribution in [0.15, 0.2) is 18.2 Å². The lowest BCUT2D eigenvalue weighted by Gasteiger charge is -2.22. The van der Waals surface area contributed by atoms with Crippen LogP contribution in [0.4, 0.5) is 4.39 Å². The van der Waals surface area contributed by atoms with Gasteiger partial charge in [-0.05, 0) is 52.8 Å². The van der Waals surface area contributed by atoms with Crippen LogP contribution in [0.5, 0.6) is 5.75 Å². The molecule has 0 saturated carbocycles. The first-order valence-corrected chi connectivity index (χ1v) is 5.98. The molecule has 0 atom stereocenters. The molecule has 0 spiro atoms. The number of hydrogen-bond donors (Lipinski definition) is 1. The molecule has 0 amide bonds. The summed E-state index contributed by atoms with van der Waals surface area (Å²) >= 11 is 0. The highest BCUT2D eigenvalue weighted by atomic mass is 19.1. The molecule has 0 aliphatic heterocycles. The van der Waals surface area contributed by atoms with E-state index in [2.05, 4.69) is 26.1 Å². The number of hydrogen-bond acceptors (Lipinski definition) is 2. The fourth-order valence-corrected chi connectivity index (χ4v) is 1.42. The molecule has 0 aliphatic rings. The predicted molar refractivity (Wildman–Crippen MR) is 68.8 cm³/mol. The second-order valence-electron chi connectivity index (χ2n) is 5.52. The lowest BCUT2D eigenvalue weighted by molar-refractivity contribution is 0.238. The molecule has 3 heteroatoms. The van der Waals surface area contributed by atoms with Crippen molar-refractivity contribution in [3.8, 4) is 5.75 Å². The Kier molecular flexibility index (Phi) is 4.52. The van der Waals surface area contributed by atoms with E-state index in [0.29, 0.717) is 6.54 Å². The molecule has 0 unspecified atom stereocenters. The van der Waals surface area contributed by atoms with Crippen LogP contribution in [0.2, 0.25) is 0 Å². The quantitative estimate of drug-likeness (QED) is 0.868. The second-order valence-corrected chi connectivity index (χ2v) is 5.52. The summed E-state index contributed by atoms with van der Waals surface area (Å²) in [5.74, 6) is 0.518. The Morgan fingerprint density at radius 3 is 2.47 bits per heavy atom. The smallest absolute Gasteiger partial charge is 0.124 e. The fourth-order valence-electron chi connectivity index (χ4n) is 1.42. The average molecular weight is 239 g/mol. The third-order valence-electron chi connectivity index (χ3n) is 2.19. The van der Waals surface area contributed by atoms with Crippen LogP contribution in [0.25, 0.3) is 0 Å². The van der Waals surface area contributed by atoms with E-state index in [-0.39, 0.29) is 17.5 Å². The molecule has 0 radical (unpaired) electrons. The SMILES string of the molecule is CC(C)Oc1ccc(F)cc1CNC(C)(C)C. The maximum Gasteiger partial charge on any atom is 0.124 e. The first-order chi connectivity index (χ1) is 7.78. The summed E-state index contributed by atoms with van der Waals surface area (Å²) in [6, 6.07) is 4.64. The monoisotopic (exact) mass is 239 g/mol. The van der Waals surface area contributed by atoms with E-state index >= 15 is 0 Å². The van der Waals surface area contributed by atoms with Crippen molar-refractivity contribution in [2.45, 2.75) is 52.8 Å². The zero-order valence-corrected chi connectivity index (χ0v) is 11.3. The third kappa shape index (κ3) is 5.18. The molecule has 0 fully saturated rings. The van der Waals surface area contributed by atoms with Gasteiger partial charge in [-0.15, -0.1) is 0 Å². The minimum Gasteiger partial charge on any atom is -0.491 e. The molecule has 0 heterocycles. The lowest BCUT2D eigenvalue weighted by Crippen LogP contribution is -2.35. The molecule has 17 heavy (non-hydrogen) atoms. The Morgan fingerprint density at radius 1 is 1.29 bits per heavy atom. The summed E-state index contributed by atoms with van der Waals surface area (Å²) in [4.78, 5) is 0. The molecule has 0 aromatic heterocycles. The average Bonchev–Trinajstić information content (AvgIpc) is 2.16. The second kappa shape index (κ2) is 5.50. The van der Waals surface area contributed by atoms with E-state index in [1.165, 1.54) is 12.1 Å². The largest absolute Gasteiger partial charge is 0.491 e. The van der Waals surface area contributed by atoms with E-state index < -0.39 is 0 Å². The Morgan fingerprint density at radius 2 is 1.94 bits per heavy atom. The molecule has 0 bridgehead atoms. The van der Waals surface area contributed by atoms with Crippen LogP contribution in [0, 0.1) is 5.82 Å². The van der Waals surface area contributed by atoms with Crippen molar-refractivity contribution < 1.29 is 9.13 Å². The molecule has 1 aromatic rings. The first kappa shape index (κ1) is 14.0. The van der Waals surface area contributed by atoms with E-state index in [0.717, 1.165) is 11.3 Å². The zero-order chi connectivity index (χ0) is 13.1. The summed E-state index contributed by atoms with van der Waals surface area (Å²) in [6.07, 6.45) is 0.0915. The van der Waals surface area contributed by atoms with Crippen molar-refractivity contribution in [2.75, 3.05) is 0 Å². The molecule has 1 aromatic carbocycles. The van der Waals surface area contributed by atoms with Gasteiger partial charge in [0.2, 0.25) is 0 Å². The van der Waals surface area contributed by atoms with Gasteiger partial charge in [0.05, 0.1) is 6.10 Å². The Bertz CT molecular complexity index is 369. The van der Waals surface area contributed by atoms with Crippen molar-refractivity contribution in [3.05, 3.63) is 29.6 Å². The molecular formula is C14H22FNO. The van der Waals surface area contributed by atoms with Crippen LogP contribution in [0.3, 0.4) is 0 Å². The van der Waals surface area contributed by atoms with Crippen LogP contribution < -0.4 is 10.1 Å². The Balaban J connectivity index is 2.83. The van der Waals surface area contributed by atoms with Crippen LogP contribution in [0.1, 0.15) is 40.2 Å². The molecule has 2 nitrogen and oxygen atoms in total. The predicted octanol–water partition coefficient (Wildman–Crippen LogP) is 3.50. The summed E-state index contributed by atoms with van der Waals surface area (Å²) < 4.78 is 18.9. The lowest BCUT2D eigenvalue weighted by atomic mass is 10.1. The summed E-state index contributed by atoms with van der Waals surface area (Å²) in [5, 5.41) is 3.33.